The first-order chi connectivity index (χ1) is 13.4. The molecular weight excluding hydrogens is 360 g/mol. The smallest absolute Gasteiger partial charge is 0.357 e. The third-order valence-corrected chi connectivity index (χ3v) is 6.41. The lowest BCUT2D eigenvalue weighted by molar-refractivity contribution is -0.128. The summed E-state index contributed by atoms with van der Waals surface area (Å²) in [6, 6.07) is 0.0674. The Morgan fingerprint density at radius 3 is 2.89 bits per heavy atom. The van der Waals surface area contributed by atoms with Crippen LogP contribution in [0.2, 0.25) is 0 Å². The number of carbonyl (C=O) groups is 2. The highest BCUT2D eigenvalue weighted by Crippen LogP contribution is 2.47. The molecule has 0 bridgehead atoms. The molecule has 0 spiro atoms. The molecule has 1 aromatic rings. The van der Waals surface area contributed by atoms with Crippen molar-refractivity contribution < 1.29 is 24.2 Å². The van der Waals surface area contributed by atoms with Gasteiger partial charge in [-0.05, 0) is 43.9 Å². The van der Waals surface area contributed by atoms with Crippen LogP contribution in [0, 0.1) is 5.41 Å². The first-order valence-corrected chi connectivity index (χ1v) is 10.3. The molecular formula is C21H30N2O5. The summed E-state index contributed by atoms with van der Waals surface area (Å²) >= 11 is 0. The molecule has 2 atom stereocenters. The van der Waals surface area contributed by atoms with E-state index in [1.807, 2.05) is 11.0 Å². The molecule has 1 saturated carbocycles. The van der Waals surface area contributed by atoms with Gasteiger partial charge in [-0.1, -0.05) is 25.5 Å². The molecule has 7 nitrogen and oxygen atoms in total. The summed E-state index contributed by atoms with van der Waals surface area (Å²) in [6.07, 6.45) is 12.5. The number of rotatable bonds is 10. The molecule has 1 aliphatic carbocycles. The number of carboxylic acids is 1. The molecule has 1 amide bonds. The van der Waals surface area contributed by atoms with Crippen molar-refractivity contribution in [3.8, 4) is 0 Å². The molecule has 1 aromatic heterocycles. The minimum atomic E-state index is -1.11. The van der Waals surface area contributed by atoms with Crippen LogP contribution in [0.4, 0.5) is 0 Å². The van der Waals surface area contributed by atoms with Crippen LogP contribution in [0.1, 0.15) is 74.7 Å². The van der Waals surface area contributed by atoms with E-state index in [0.717, 1.165) is 31.9 Å². The van der Waals surface area contributed by atoms with Crippen molar-refractivity contribution in [3.05, 3.63) is 30.0 Å². The summed E-state index contributed by atoms with van der Waals surface area (Å²) in [7, 11) is 0. The number of aryl methyl sites for hydroxylation is 1. The van der Waals surface area contributed by atoms with Crippen LogP contribution in [0.15, 0.2) is 22.8 Å². The Bertz CT molecular complexity index is 717. The lowest BCUT2D eigenvalue weighted by atomic mass is 9.63. The zero-order valence-electron chi connectivity index (χ0n) is 16.5. The van der Waals surface area contributed by atoms with Crippen molar-refractivity contribution in [1.82, 2.24) is 9.88 Å². The number of nitrogens with zero attached hydrogens (tertiary/aromatic N) is 2. The summed E-state index contributed by atoms with van der Waals surface area (Å²) < 4.78 is 5.16. The third kappa shape index (κ3) is 4.46. The van der Waals surface area contributed by atoms with E-state index in [0.29, 0.717) is 38.1 Å². The van der Waals surface area contributed by atoms with Gasteiger partial charge in [0.15, 0.2) is 11.6 Å². The standard InChI is InChI=1S/C21H30N2O5/c1-2-21(11-5-12-21)17(24)7-3-6-15-9-10-19(25)23(15)13-4-8-18-22-16(14-28-18)20(26)27/h3,6,14-15,17,24H,2,4-5,7-13H2,1H3,(H,26,27)/t15-,17-/m0/s1. The van der Waals surface area contributed by atoms with Gasteiger partial charge in [-0.25, -0.2) is 9.78 Å². The Labute approximate surface area is 165 Å². The summed E-state index contributed by atoms with van der Waals surface area (Å²) in [6.45, 7) is 2.73. The molecule has 2 heterocycles. The Morgan fingerprint density at radius 2 is 2.29 bits per heavy atom. The van der Waals surface area contributed by atoms with Gasteiger partial charge in [0.05, 0.1) is 12.1 Å². The predicted octanol–water partition coefficient (Wildman–Crippen LogP) is 3.18. The van der Waals surface area contributed by atoms with Gasteiger partial charge in [-0.3, -0.25) is 4.79 Å². The monoisotopic (exact) mass is 390 g/mol. The Balaban J connectivity index is 1.47. The molecule has 0 aromatic carbocycles. The van der Waals surface area contributed by atoms with Crippen molar-refractivity contribution in [2.45, 2.75) is 76.9 Å². The second-order valence-electron chi connectivity index (χ2n) is 7.98. The van der Waals surface area contributed by atoms with Crippen LogP contribution in [0.3, 0.4) is 0 Å². The van der Waals surface area contributed by atoms with Gasteiger partial charge in [0.2, 0.25) is 5.91 Å². The van der Waals surface area contributed by atoms with Crippen LogP contribution in [-0.4, -0.2) is 50.7 Å². The first-order valence-electron chi connectivity index (χ1n) is 10.3. The molecule has 2 N–H and O–H groups in total. The van der Waals surface area contributed by atoms with E-state index in [4.69, 9.17) is 9.52 Å². The molecule has 154 valence electrons. The number of aliphatic hydroxyl groups is 1. The molecule has 7 heteroatoms. The first kappa shape index (κ1) is 20.6. The van der Waals surface area contributed by atoms with Crippen molar-refractivity contribution in [1.29, 1.82) is 0 Å². The van der Waals surface area contributed by atoms with E-state index in [1.165, 1.54) is 6.42 Å². The molecule has 3 rings (SSSR count). The number of oxazole rings is 1. The number of amides is 1. The molecule has 1 saturated heterocycles. The van der Waals surface area contributed by atoms with Crippen LogP contribution in [0.5, 0.6) is 0 Å². The highest BCUT2D eigenvalue weighted by atomic mass is 16.4. The number of aromatic nitrogens is 1. The zero-order valence-corrected chi connectivity index (χ0v) is 16.5. The summed E-state index contributed by atoms with van der Waals surface area (Å²) in [4.78, 5) is 28.8. The van der Waals surface area contributed by atoms with E-state index in [1.54, 1.807) is 0 Å². The van der Waals surface area contributed by atoms with Crippen LogP contribution in [-0.2, 0) is 11.2 Å². The number of likely N-dealkylation sites (tertiary alicyclic amines) is 1. The average molecular weight is 390 g/mol. The van der Waals surface area contributed by atoms with Crippen LogP contribution in [0.25, 0.3) is 0 Å². The van der Waals surface area contributed by atoms with E-state index in [-0.39, 0.29) is 29.2 Å². The fraction of sp³-hybridized carbons (Fsp3) is 0.667. The highest BCUT2D eigenvalue weighted by molar-refractivity contribution is 5.84. The largest absolute Gasteiger partial charge is 0.476 e. The van der Waals surface area contributed by atoms with E-state index >= 15 is 0 Å². The average Bonchev–Trinajstić information content (AvgIpc) is 3.23. The topological polar surface area (TPSA) is 104 Å². The Hall–Kier alpha value is -2.15. The number of aromatic carboxylic acids is 1. The summed E-state index contributed by atoms with van der Waals surface area (Å²) in [5.41, 5.74) is 0.00308. The fourth-order valence-corrected chi connectivity index (χ4v) is 4.34. The maximum Gasteiger partial charge on any atom is 0.357 e. The van der Waals surface area contributed by atoms with Crippen molar-refractivity contribution in [3.63, 3.8) is 0 Å². The Morgan fingerprint density at radius 1 is 1.50 bits per heavy atom. The van der Waals surface area contributed by atoms with Crippen LogP contribution < -0.4 is 0 Å². The molecule has 2 aliphatic rings. The second kappa shape index (κ2) is 8.90. The number of hydrogen-bond donors (Lipinski definition) is 2. The van der Waals surface area contributed by atoms with Gasteiger partial charge < -0.3 is 19.5 Å². The minimum Gasteiger partial charge on any atom is -0.476 e. The van der Waals surface area contributed by atoms with Crippen molar-refractivity contribution in [2.24, 2.45) is 5.41 Å². The summed E-state index contributed by atoms with van der Waals surface area (Å²) in [5.74, 6) is -0.591. The number of aliphatic hydroxyl groups excluding tert-OH is 1. The van der Waals surface area contributed by atoms with Crippen molar-refractivity contribution in [2.75, 3.05) is 6.54 Å². The van der Waals surface area contributed by atoms with E-state index < -0.39 is 5.97 Å². The molecule has 28 heavy (non-hydrogen) atoms. The fourth-order valence-electron chi connectivity index (χ4n) is 4.34. The number of carboxylic acid groups (broad SMARTS) is 1. The quantitative estimate of drug-likeness (QED) is 0.595. The zero-order chi connectivity index (χ0) is 20.1. The lowest BCUT2D eigenvalue weighted by Crippen LogP contribution is -2.40. The van der Waals surface area contributed by atoms with Gasteiger partial charge >= 0.3 is 5.97 Å². The molecule has 0 unspecified atom stereocenters. The van der Waals surface area contributed by atoms with Gasteiger partial charge in [0.25, 0.3) is 0 Å². The maximum absolute atomic E-state index is 12.2. The molecule has 2 fully saturated rings. The van der Waals surface area contributed by atoms with Gasteiger partial charge in [0, 0.05) is 19.4 Å². The Kier molecular flexibility index (Phi) is 6.54. The minimum absolute atomic E-state index is 0.0674. The third-order valence-electron chi connectivity index (χ3n) is 6.41. The second-order valence-corrected chi connectivity index (χ2v) is 7.98. The lowest BCUT2D eigenvalue weighted by Gasteiger charge is -2.45. The predicted molar refractivity (Wildman–Crippen MR) is 103 cm³/mol. The molecule has 1 aliphatic heterocycles. The number of carbonyl (C=O) groups excluding carboxylic acids is 1. The van der Waals surface area contributed by atoms with Crippen LogP contribution >= 0.6 is 0 Å². The molecule has 0 radical (unpaired) electrons. The maximum atomic E-state index is 12.2. The normalized spacial score (nSPS) is 22.6. The van der Waals surface area contributed by atoms with E-state index in [9.17, 15) is 14.7 Å². The highest BCUT2D eigenvalue weighted by Gasteiger charge is 2.41. The van der Waals surface area contributed by atoms with Gasteiger partial charge in [-0.15, -0.1) is 0 Å². The van der Waals surface area contributed by atoms with Crippen molar-refractivity contribution >= 4 is 11.9 Å². The SMILES string of the molecule is CCC1([C@@H](O)CC=C[C@H]2CCC(=O)N2CCCc2nc(C(=O)O)co2)CCC1. The van der Waals surface area contributed by atoms with Gasteiger partial charge in [0.1, 0.15) is 6.26 Å². The summed E-state index contributed by atoms with van der Waals surface area (Å²) in [5, 5.41) is 19.4. The van der Waals surface area contributed by atoms with E-state index in [2.05, 4.69) is 18.0 Å². The van der Waals surface area contributed by atoms with Gasteiger partial charge in [-0.2, -0.15) is 0 Å². The number of hydrogen-bond acceptors (Lipinski definition) is 5.